The summed E-state index contributed by atoms with van der Waals surface area (Å²) in [6.45, 7) is 0. The van der Waals surface area contributed by atoms with Gasteiger partial charge in [-0.05, 0) is 48.1 Å². The molecule has 1 atom stereocenters. The molecule has 2 aromatic carbocycles. The Morgan fingerprint density at radius 2 is 1.75 bits per heavy atom. The monoisotopic (exact) mass is 455 g/mol. The fraction of sp³-hybridized carbons (Fsp3) is 0.217. The van der Waals surface area contributed by atoms with E-state index in [9.17, 15) is 14.4 Å². The maximum atomic E-state index is 12.4. The summed E-state index contributed by atoms with van der Waals surface area (Å²) in [5.41, 5.74) is 2.82. The molecule has 0 aliphatic rings. The first-order valence-electron chi connectivity index (χ1n) is 9.98. The number of carboxylic acids is 2. The van der Waals surface area contributed by atoms with E-state index < -0.39 is 23.9 Å². The Balaban J connectivity index is 1.63. The summed E-state index contributed by atoms with van der Waals surface area (Å²) in [5, 5.41) is 27.4. The molecule has 0 aliphatic heterocycles. The molecule has 0 radical (unpaired) electrons. The van der Waals surface area contributed by atoms with Gasteiger partial charge in [0.25, 0.3) is 5.91 Å². The van der Waals surface area contributed by atoms with Gasteiger partial charge >= 0.3 is 11.9 Å². The molecule has 3 aromatic rings. The number of hydrogen-bond donors (Lipinski definition) is 4. The van der Waals surface area contributed by atoms with E-state index in [1.807, 2.05) is 48.5 Å². The van der Waals surface area contributed by atoms with Gasteiger partial charge in [-0.2, -0.15) is 5.10 Å². The molecular formula is C23H22ClN3O5. The number of benzene rings is 2. The number of aryl methyl sites for hydroxylation is 1. The van der Waals surface area contributed by atoms with Crippen LogP contribution in [0, 0.1) is 0 Å². The Hall–Kier alpha value is -3.65. The van der Waals surface area contributed by atoms with Crippen LogP contribution in [0.2, 0.25) is 5.02 Å². The zero-order valence-corrected chi connectivity index (χ0v) is 17.8. The first-order chi connectivity index (χ1) is 15.3. The SMILES string of the molecule is O=C(O)CCC(CCc1ccc(-c2cccc(Cl)c2)cc1)NC(=O)c1cc(C(=O)O)[nH]n1. The molecule has 0 bridgehead atoms. The van der Waals surface area contributed by atoms with E-state index >= 15 is 0 Å². The van der Waals surface area contributed by atoms with Crippen LogP contribution in [0.1, 0.15) is 45.8 Å². The Bertz CT molecular complexity index is 1110. The van der Waals surface area contributed by atoms with Crippen LogP contribution in [0.3, 0.4) is 0 Å². The Morgan fingerprint density at radius 3 is 2.38 bits per heavy atom. The van der Waals surface area contributed by atoms with E-state index in [1.54, 1.807) is 0 Å². The van der Waals surface area contributed by atoms with Crippen molar-refractivity contribution in [1.82, 2.24) is 15.5 Å². The third-order valence-corrected chi connectivity index (χ3v) is 5.21. The van der Waals surface area contributed by atoms with Crippen molar-refractivity contribution in [3.8, 4) is 11.1 Å². The number of aromatic amines is 1. The molecular weight excluding hydrogens is 434 g/mol. The summed E-state index contributed by atoms with van der Waals surface area (Å²) >= 11 is 6.05. The van der Waals surface area contributed by atoms with Gasteiger partial charge in [0, 0.05) is 23.6 Å². The number of halogens is 1. The number of aromatic carboxylic acids is 1. The second kappa shape index (κ2) is 10.6. The molecule has 0 spiro atoms. The predicted molar refractivity (Wildman–Crippen MR) is 119 cm³/mol. The van der Waals surface area contributed by atoms with Crippen LogP contribution < -0.4 is 5.32 Å². The molecule has 1 heterocycles. The third kappa shape index (κ3) is 6.42. The average molecular weight is 456 g/mol. The van der Waals surface area contributed by atoms with Crippen molar-refractivity contribution in [2.75, 3.05) is 0 Å². The number of amides is 1. The summed E-state index contributed by atoms with van der Waals surface area (Å²) in [7, 11) is 0. The first-order valence-corrected chi connectivity index (χ1v) is 10.4. The lowest BCUT2D eigenvalue weighted by Crippen LogP contribution is -2.36. The van der Waals surface area contributed by atoms with Crippen LogP contribution in [0.15, 0.2) is 54.6 Å². The number of aromatic nitrogens is 2. The maximum Gasteiger partial charge on any atom is 0.353 e. The van der Waals surface area contributed by atoms with Crippen molar-refractivity contribution < 1.29 is 24.6 Å². The molecule has 1 amide bonds. The predicted octanol–water partition coefficient (Wildman–Crippen LogP) is 4.02. The van der Waals surface area contributed by atoms with E-state index in [1.165, 1.54) is 0 Å². The second-order valence-corrected chi connectivity index (χ2v) is 7.76. The Morgan fingerprint density at radius 1 is 1.00 bits per heavy atom. The third-order valence-electron chi connectivity index (χ3n) is 4.98. The first kappa shape index (κ1) is 23.0. The van der Waals surface area contributed by atoms with E-state index in [4.69, 9.17) is 21.8 Å². The summed E-state index contributed by atoms with van der Waals surface area (Å²) in [6, 6.07) is 16.2. The fourth-order valence-electron chi connectivity index (χ4n) is 3.27. The normalized spacial score (nSPS) is 11.7. The number of rotatable bonds is 10. The molecule has 0 saturated carbocycles. The van der Waals surface area contributed by atoms with Crippen molar-refractivity contribution in [1.29, 1.82) is 0 Å². The average Bonchev–Trinajstić information content (AvgIpc) is 3.27. The minimum absolute atomic E-state index is 0.0615. The van der Waals surface area contributed by atoms with Crippen molar-refractivity contribution >= 4 is 29.4 Å². The van der Waals surface area contributed by atoms with Crippen LogP contribution in [0.5, 0.6) is 0 Å². The minimum atomic E-state index is -1.22. The number of carbonyl (C=O) groups excluding carboxylic acids is 1. The highest BCUT2D eigenvalue weighted by Crippen LogP contribution is 2.23. The number of nitrogens with zero attached hydrogens (tertiary/aromatic N) is 1. The number of H-pyrrole nitrogens is 1. The number of aliphatic carboxylic acids is 1. The molecule has 1 aromatic heterocycles. The zero-order valence-electron chi connectivity index (χ0n) is 17.0. The zero-order chi connectivity index (χ0) is 23.1. The van der Waals surface area contributed by atoms with Crippen LogP contribution >= 0.6 is 11.6 Å². The van der Waals surface area contributed by atoms with Gasteiger partial charge in [0.2, 0.25) is 0 Å². The molecule has 32 heavy (non-hydrogen) atoms. The highest BCUT2D eigenvalue weighted by Gasteiger charge is 2.19. The van der Waals surface area contributed by atoms with E-state index in [0.717, 1.165) is 22.8 Å². The van der Waals surface area contributed by atoms with Gasteiger partial charge in [-0.1, -0.05) is 48.0 Å². The quantitative estimate of drug-likeness (QED) is 0.365. The number of carboxylic acid groups (broad SMARTS) is 2. The lowest BCUT2D eigenvalue weighted by molar-refractivity contribution is -0.137. The van der Waals surface area contributed by atoms with Gasteiger partial charge in [-0.3, -0.25) is 14.7 Å². The maximum absolute atomic E-state index is 12.4. The smallest absolute Gasteiger partial charge is 0.353 e. The van der Waals surface area contributed by atoms with Gasteiger partial charge in [0.1, 0.15) is 5.69 Å². The van der Waals surface area contributed by atoms with Crippen LogP contribution in [0.4, 0.5) is 0 Å². The van der Waals surface area contributed by atoms with Gasteiger partial charge in [0.15, 0.2) is 5.69 Å². The molecule has 166 valence electrons. The fourth-order valence-corrected chi connectivity index (χ4v) is 3.46. The lowest BCUT2D eigenvalue weighted by Gasteiger charge is -2.17. The van der Waals surface area contributed by atoms with Crippen molar-refractivity contribution in [3.05, 3.63) is 76.6 Å². The second-order valence-electron chi connectivity index (χ2n) is 7.32. The highest BCUT2D eigenvalue weighted by atomic mass is 35.5. The Kier molecular flexibility index (Phi) is 7.62. The van der Waals surface area contributed by atoms with Gasteiger partial charge in [-0.15, -0.1) is 0 Å². The van der Waals surface area contributed by atoms with E-state index in [0.29, 0.717) is 17.9 Å². The van der Waals surface area contributed by atoms with Crippen LogP contribution in [0.25, 0.3) is 11.1 Å². The summed E-state index contributed by atoms with van der Waals surface area (Å²) in [6.07, 6.45) is 1.30. The number of carbonyl (C=O) groups is 3. The van der Waals surface area contributed by atoms with Crippen molar-refractivity contribution in [2.45, 2.75) is 31.7 Å². The minimum Gasteiger partial charge on any atom is -0.481 e. The van der Waals surface area contributed by atoms with Gasteiger partial charge in [0.05, 0.1) is 0 Å². The van der Waals surface area contributed by atoms with Crippen molar-refractivity contribution in [2.24, 2.45) is 0 Å². The van der Waals surface area contributed by atoms with Crippen LogP contribution in [-0.4, -0.2) is 44.3 Å². The summed E-state index contributed by atoms with van der Waals surface area (Å²) < 4.78 is 0. The molecule has 8 nitrogen and oxygen atoms in total. The highest BCUT2D eigenvalue weighted by molar-refractivity contribution is 6.30. The summed E-state index contributed by atoms with van der Waals surface area (Å²) in [4.78, 5) is 34.4. The number of hydrogen-bond acceptors (Lipinski definition) is 4. The molecule has 9 heteroatoms. The van der Waals surface area contributed by atoms with Gasteiger partial charge < -0.3 is 15.5 Å². The van der Waals surface area contributed by atoms with E-state index in [-0.39, 0.29) is 24.2 Å². The molecule has 1 unspecified atom stereocenters. The standard InChI is InChI=1S/C23H22ClN3O5/c24-17-3-1-2-16(12-17)15-7-4-14(5-8-15)6-9-18(10-11-21(28)29)25-22(30)19-13-20(23(31)32)27-26-19/h1-5,7-8,12-13,18H,6,9-11H2,(H,25,30)(H,26,27)(H,28,29)(H,31,32). The largest absolute Gasteiger partial charge is 0.481 e. The summed E-state index contributed by atoms with van der Waals surface area (Å²) in [5.74, 6) is -2.73. The van der Waals surface area contributed by atoms with E-state index in [2.05, 4.69) is 15.5 Å². The molecule has 3 rings (SSSR count). The molecule has 0 saturated heterocycles. The Labute approximate surface area is 189 Å². The molecule has 4 N–H and O–H groups in total. The molecule has 0 aliphatic carbocycles. The van der Waals surface area contributed by atoms with Crippen molar-refractivity contribution in [3.63, 3.8) is 0 Å². The number of nitrogens with one attached hydrogen (secondary N) is 2. The van der Waals surface area contributed by atoms with Gasteiger partial charge in [-0.25, -0.2) is 4.79 Å². The molecule has 0 fully saturated rings. The topological polar surface area (TPSA) is 132 Å². The van der Waals surface area contributed by atoms with Crippen LogP contribution in [-0.2, 0) is 11.2 Å². The lowest BCUT2D eigenvalue weighted by atomic mass is 9.99.